The predicted octanol–water partition coefficient (Wildman–Crippen LogP) is 1.36. The third kappa shape index (κ3) is 1.70. The van der Waals surface area contributed by atoms with E-state index < -0.39 is 4.92 Å². The van der Waals surface area contributed by atoms with Gasteiger partial charge < -0.3 is 0 Å². The fraction of sp³-hybridized carbons (Fsp3) is 0.200. The number of hydrogen-bond acceptors (Lipinski definition) is 4. The number of benzene rings is 1. The van der Waals surface area contributed by atoms with E-state index in [-0.39, 0.29) is 5.69 Å². The molecule has 0 radical (unpaired) electrons. The van der Waals surface area contributed by atoms with E-state index in [1.54, 1.807) is 12.1 Å². The van der Waals surface area contributed by atoms with E-state index >= 15 is 0 Å². The first-order chi connectivity index (χ1) is 7.72. The minimum absolute atomic E-state index is 0.0375. The van der Waals surface area contributed by atoms with E-state index in [0.717, 1.165) is 0 Å². The highest BCUT2D eigenvalue weighted by atomic mass is 16.6. The van der Waals surface area contributed by atoms with Gasteiger partial charge in [-0.2, -0.15) is 9.90 Å². The number of non-ortho nitro benzene ring substituents is 1. The molecule has 0 aliphatic heterocycles. The third-order valence-electron chi connectivity index (χ3n) is 2.08. The molecule has 2 aromatic rings. The summed E-state index contributed by atoms with van der Waals surface area (Å²) in [5.41, 5.74) is 0.764. The fourth-order valence-corrected chi connectivity index (χ4v) is 1.38. The van der Waals surface area contributed by atoms with Crippen molar-refractivity contribution in [2.45, 2.75) is 13.0 Å². The van der Waals surface area contributed by atoms with Crippen LogP contribution in [0.1, 0.15) is 6.42 Å². The molecule has 2 rings (SSSR count). The maximum absolute atomic E-state index is 10.7. The minimum atomic E-state index is -0.470. The molecule has 1 heterocycles. The highest BCUT2D eigenvalue weighted by molar-refractivity contribution is 5.83. The topological polar surface area (TPSA) is 73.8 Å². The Morgan fingerprint density at radius 2 is 2.31 bits per heavy atom. The maximum Gasteiger partial charge on any atom is 0.299 e. The quantitative estimate of drug-likeness (QED) is 0.441. The number of terminal acetylenes is 1. The lowest BCUT2D eigenvalue weighted by atomic mass is 10.3. The van der Waals surface area contributed by atoms with Crippen molar-refractivity contribution in [3.05, 3.63) is 28.3 Å². The number of nitrogens with zero attached hydrogens (tertiary/aromatic N) is 4. The molecule has 0 unspecified atom stereocenters. The van der Waals surface area contributed by atoms with E-state index in [9.17, 15) is 10.1 Å². The van der Waals surface area contributed by atoms with Crippen molar-refractivity contribution in [3.63, 3.8) is 0 Å². The Kier molecular flexibility index (Phi) is 2.52. The molecule has 1 aromatic carbocycles. The average Bonchev–Trinajstić information content (AvgIpc) is 2.68. The van der Waals surface area contributed by atoms with Crippen LogP contribution in [0.15, 0.2) is 18.2 Å². The van der Waals surface area contributed by atoms with Crippen LogP contribution >= 0.6 is 0 Å². The van der Waals surface area contributed by atoms with Gasteiger partial charge in [-0.1, -0.05) is 6.07 Å². The van der Waals surface area contributed by atoms with Crippen molar-refractivity contribution in [1.29, 1.82) is 0 Å². The van der Waals surface area contributed by atoms with Crippen LogP contribution < -0.4 is 0 Å². The lowest BCUT2D eigenvalue weighted by Crippen LogP contribution is -2.01. The second-order valence-corrected chi connectivity index (χ2v) is 3.15. The number of fused-ring (bicyclic) bond motifs is 1. The Hall–Kier alpha value is -2.42. The first kappa shape index (κ1) is 10.1. The zero-order valence-electron chi connectivity index (χ0n) is 8.33. The summed E-state index contributed by atoms with van der Waals surface area (Å²) in [5, 5.41) is 18.9. The molecule has 0 saturated heterocycles. The van der Waals surface area contributed by atoms with Gasteiger partial charge in [-0.15, -0.1) is 17.4 Å². The number of rotatable bonds is 3. The van der Waals surface area contributed by atoms with Crippen LogP contribution in [0.2, 0.25) is 0 Å². The van der Waals surface area contributed by atoms with Crippen molar-refractivity contribution in [2.75, 3.05) is 0 Å². The molecule has 0 bridgehead atoms. The van der Waals surface area contributed by atoms with Crippen LogP contribution in [0.4, 0.5) is 5.69 Å². The molecule has 0 atom stereocenters. The molecule has 0 saturated carbocycles. The number of aryl methyl sites for hydroxylation is 1. The standard InChI is InChI=1S/C10H8N4O2/c1-2-3-7-13-11-8-5-4-6-9(14(15)16)10(8)12-13/h1,4-6H,3,7H2. The zero-order chi connectivity index (χ0) is 11.5. The first-order valence-corrected chi connectivity index (χ1v) is 4.64. The molecule has 0 N–H and O–H groups in total. The molecule has 0 amide bonds. The number of hydrogen-bond donors (Lipinski definition) is 0. The largest absolute Gasteiger partial charge is 0.299 e. The summed E-state index contributed by atoms with van der Waals surface area (Å²) in [4.78, 5) is 11.7. The predicted molar refractivity (Wildman–Crippen MR) is 57.6 cm³/mol. The molecule has 0 spiro atoms. The fourth-order valence-electron chi connectivity index (χ4n) is 1.38. The van der Waals surface area contributed by atoms with Gasteiger partial charge in [0.15, 0.2) is 5.52 Å². The maximum atomic E-state index is 10.7. The van der Waals surface area contributed by atoms with Crippen molar-refractivity contribution in [1.82, 2.24) is 15.0 Å². The highest BCUT2D eigenvalue weighted by Crippen LogP contribution is 2.21. The molecule has 80 valence electrons. The summed E-state index contributed by atoms with van der Waals surface area (Å²) in [6.45, 7) is 0.461. The van der Waals surface area contributed by atoms with Gasteiger partial charge in [0.25, 0.3) is 5.69 Å². The normalized spacial score (nSPS) is 10.2. The van der Waals surface area contributed by atoms with Gasteiger partial charge in [-0.25, -0.2) is 0 Å². The molecule has 6 nitrogen and oxygen atoms in total. The van der Waals surface area contributed by atoms with E-state index in [0.29, 0.717) is 24.0 Å². The highest BCUT2D eigenvalue weighted by Gasteiger charge is 2.15. The van der Waals surface area contributed by atoms with Crippen LogP contribution in [-0.4, -0.2) is 19.9 Å². The smallest absolute Gasteiger partial charge is 0.258 e. The number of nitro groups is 1. The molecule has 0 aliphatic carbocycles. The Morgan fingerprint density at radius 3 is 3.00 bits per heavy atom. The first-order valence-electron chi connectivity index (χ1n) is 4.64. The average molecular weight is 216 g/mol. The van der Waals surface area contributed by atoms with Gasteiger partial charge in [0, 0.05) is 12.5 Å². The van der Waals surface area contributed by atoms with Gasteiger partial charge in [-0.05, 0) is 6.07 Å². The lowest BCUT2D eigenvalue weighted by molar-refractivity contribution is -0.383. The molecule has 6 heteroatoms. The Labute approximate surface area is 91.0 Å². The Balaban J connectivity index is 2.49. The number of aromatic nitrogens is 3. The van der Waals surface area contributed by atoms with Crippen LogP contribution in [0.3, 0.4) is 0 Å². The molecular formula is C10H8N4O2. The zero-order valence-corrected chi connectivity index (χ0v) is 8.33. The van der Waals surface area contributed by atoms with Crippen LogP contribution in [0.5, 0.6) is 0 Å². The van der Waals surface area contributed by atoms with Gasteiger partial charge in [-0.3, -0.25) is 10.1 Å². The Bertz CT molecular complexity index is 582. The molecule has 0 fully saturated rings. The van der Waals surface area contributed by atoms with Gasteiger partial charge in [0.1, 0.15) is 5.52 Å². The molecule has 0 aliphatic rings. The van der Waals surface area contributed by atoms with Gasteiger partial charge >= 0.3 is 0 Å². The molecular weight excluding hydrogens is 208 g/mol. The summed E-state index contributed by atoms with van der Waals surface area (Å²) >= 11 is 0. The second kappa shape index (κ2) is 3.98. The summed E-state index contributed by atoms with van der Waals surface area (Å²) in [7, 11) is 0. The van der Waals surface area contributed by atoms with E-state index in [1.165, 1.54) is 10.9 Å². The summed E-state index contributed by atoms with van der Waals surface area (Å²) in [5.74, 6) is 2.46. The monoisotopic (exact) mass is 216 g/mol. The number of nitro benzene ring substituents is 1. The minimum Gasteiger partial charge on any atom is -0.258 e. The second-order valence-electron chi connectivity index (χ2n) is 3.15. The summed E-state index contributed by atoms with van der Waals surface area (Å²) in [6, 6.07) is 4.67. The van der Waals surface area contributed by atoms with Crippen LogP contribution in [0, 0.1) is 22.5 Å². The van der Waals surface area contributed by atoms with Crippen molar-refractivity contribution >= 4 is 16.7 Å². The molecule has 1 aromatic heterocycles. The van der Waals surface area contributed by atoms with Gasteiger partial charge in [0.2, 0.25) is 0 Å². The van der Waals surface area contributed by atoms with Crippen molar-refractivity contribution < 1.29 is 4.92 Å². The lowest BCUT2D eigenvalue weighted by Gasteiger charge is -1.91. The van der Waals surface area contributed by atoms with E-state index in [2.05, 4.69) is 16.1 Å². The van der Waals surface area contributed by atoms with E-state index in [4.69, 9.17) is 6.42 Å². The summed E-state index contributed by atoms with van der Waals surface area (Å²) in [6.07, 6.45) is 5.62. The van der Waals surface area contributed by atoms with Crippen molar-refractivity contribution in [3.8, 4) is 12.3 Å². The Morgan fingerprint density at radius 1 is 1.50 bits per heavy atom. The van der Waals surface area contributed by atoms with E-state index in [1.807, 2.05) is 0 Å². The molecule has 16 heavy (non-hydrogen) atoms. The summed E-state index contributed by atoms with van der Waals surface area (Å²) < 4.78 is 0. The SMILES string of the molecule is C#CCCn1nc2cccc([N+](=O)[O-])c2n1. The van der Waals surface area contributed by atoms with Crippen LogP contribution in [-0.2, 0) is 6.54 Å². The third-order valence-corrected chi connectivity index (χ3v) is 2.08. The van der Waals surface area contributed by atoms with Crippen LogP contribution in [0.25, 0.3) is 11.0 Å². The van der Waals surface area contributed by atoms with Crippen molar-refractivity contribution in [2.24, 2.45) is 0 Å². The van der Waals surface area contributed by atoms with Gasteiger partial charge in [0.05, 0.1) is 11.5 Å².